The van der Waals surface area contributed by atoms with Crippen molar-refractivity contribution in [3.63, 3.8) is 0 Å². The van der Waals surface area contributed by atoms with Gasteiger partial charge in [0.05, 0.1) is 40.1 Å². The lowest BCUT2D eigenvalue weighted by atomic mass is 9.97. The summed E-state index contributed by atoms with van der Waals surface area (Å²) >= 11 is 0. The normalized spacial score (nSPS) is 13.1. The molecular weight excluding hydrogens is 755 g/mol. The average Bonchev–Trinajstić information content (AvgIpc) is 4.06. The van der Waals surface area contributed by atoms with Crippen LogP contribution in [0.1, 0.15) is 11.1 Å². The molecule has 13 rings (SSSR count). The van der Waals surface area contributed by atoms with Gasteiger partial charge in [0.2, 0.25) is 0 Å². The third-order valence-electron chi connectivity index (χ3n) is 13.5. The van der Waals surface area contributed by atoms with Gasteiger partial charge in [-0.1, -0.05) is 127 Å². The maximum absolute atomic E-state index is 5.36. The molecule has 62 heavy (non-hydrogen) atoms. The van der Waals surface area contributed by atoms with Crippen LogP contribution in [0.5, 0.6) is 0 Å². The van der Waals surface area contributed by atoms with Gasteiger partial charge in [0, 0.05) is 41.8 Å². The van der Waals surface area contributed by atoms with Crippen molar-refractivity contribution in [2.24, 2.45) is 7.05 Å². The Hall–Kier alpha value is -7.89. The van der Waals surface area contributed by atoms with Crippen LogP contribution in [-0.4, -0.2) is 27.8 Å². The zero-order chi connectivity index (χ0) is 41.1. The molecule has 5 heteroatoms. The van der Waals surface area contributed by atoms with Gasteiger partial charge in [-0.2, -0.15) is 0 Å². The average molecular weight is 796 g/mol. The van der Waals surface area contributed by atoms with Gasteiger partial charge >= 0.3 is 0 Å². The summed E-state index contributed by atoms with van der Waals surface area (Å²) in [6.45, 7) is 0.795. The molecule has 0 unspecified atom stereocenters. The molecule has 2 aromatic heterocycles. The minimum atomic E-state index is 0.795. The fraction of sp³-hybridized carbons (Fsp3) is 0.0702. The van der Waals surface area contributed by atoms with Gasteiger partial charge in [-0.3, -0.25) is 0 Å². The number of anilines is 3. The van der Waals surface area contributed by atoms with Crippen molar-refractivity contribution in [3.8, 4) is 50.5 Å². The fourth-order valence-electron chi connectivity index (χ4n) is 10.4. The molecule has 1 aliphatic heterocycles. The number of aryl methyl sites for hydroxylation is 1. The lowest BCUT2D eigenvalue weighted by molar-refractivity contribution is 0.948. The number of hydrogen-bond donors (Lipinski definition) is 0. The summed E-state index contributed by atoms with van der Waals surface area (Å²) in [5.74, 6) is 0.946. The quantitative estimate of drug-likeness (QED) is 0.174. The lowest BCUT2D eigenvalue weighted by Crippen LogP contribution is -2.24. The number of aromatic nitrogens is 3. The molecule has 0 bridgehead atoms. The van der Waals surface area contributed by atoms with Gasteiger partial charge in [-0.05, 0) is 122 Å². The number of imidazole rings is 1. The van der Waals surface area contributed by atoms with Crippen LogP contribution in [-0.2, 0) is 13.5 Å². The maximum Gasteiger partial charge on any atom is 0.140 e. The van der Waals surface area contributed by atoms with Crippen LogP contribution >= 0.6 is 0 Å². The van der Waals surface area contributed by atoms with Crippen LogP contribution in [0, 0.1) is 0 Å². The molecule has 0 fully saturated rings. The van der Waals surface area contributed by atoms with Crippen molar-refractivity contribution < 1.29 is 0 Å². The smallest absolute Gasteiger partial charge is 0.140 e. The van der Waals surface area contributed by atoms with E-state index in [9.17, 15) is 0 Å². The molecule has 294 valence electrons. The van der Waals surface area contributed by atoms with Crippen molar-refractivity contribution in [1.29, 1.82) is 0 Å². The van der Waals surface area contributed by atoms with Crippen molar-refractivity contribution in [1.82, 2.24) is 14.1 Å². The molecule has 3 heterocycles. The van der Waals surface area contributed by atoms with E-state index in [1.807, 2.05) is 0 Å². The van der Waals surface area contributed by atoms with Crippen LogP contribution < -0.4 is 9.80 Å². The zero-order valence-electron chi connectivity index (χ0n) is 34.5. The topological polar surface area (TPSA) is 29.2 Å². The summed E-state index contributed by atoms with van der Waals surface area (Å²) in [6.07, 6.45) is 0.979. The van der Waals surface area contributed by atoms with Gasteiger partial charge in [-0.15, -0.1) is 0 Å². The minimum Gasteiger partial charge on any atom is -0.355 e. The number of rotatable bonds is 5. The number of para-hydroxylation sites is 2. The second-order valence-corrected chi connectivity index (χ2v) is 17.0. The van der Waals surface area contributed by atoms with Crippen molar-refractivity contribution in [3.05, 3.63) is 199 Å². The van der Waals surface area contributed by atoms with Crippen LogP contribution in [0.15, 0.2) is 188 Å². The number of fused-ring (bicyclic) bond motifs is 9. The summed E-state index contributed by atoms with van der Waals surface area (Å²) in [5, 5.41) is 4.94. The molecule has 9 aromatic carbocycles. The Kier molecular flexibility index (Phi) is 7.49. The molecular formula is C57H41N5. The van der Waals surface area contributed by atoms with E-state index in [1.54, 1.807) is 0 Å². The first kappa shape index (κ1) is 34.9. The van der Waals surface area contributed by atoms with Crippen LogP contribution in [0.3, 0.4) is 0 Å². The predicted molar refractivity (Wildman–Crippen MR) is 259 cm³/mol. The highest BCUT2D eigenvalue weighted by Crippen LogP contribution is 2.43. The van der Waals surface area contributed by atoms with E-state index in [1.165, 1.54) is 82.9 Å². The summed E-state index contributed by atoms with van der Waals surface area (Å²) in [4.78, 5) is 10.1. The molecule has 0 radical (unpaired) electrons. The summed E-state index contributed by atoms with van der Waals surface area (Å²) in [5.41, 5.74) is 20.6. The molecule has 0 N–H and O–H groups in total. The summed E-state index contributed by atoms with van der Waals surface area (Å²) < 4.78 is 4.69. The fourth-order valence-corrected chi connectivity index (χ4v) is 10.4. The Morgan fingerprint density at radius 2 is 1.15 bits per heavy atom. The van der Waals surface area contributed by atoms with E-state index in [4.69, 9.17) is 4.98 Å². The Bertz CT molecular complexity index is 3640. The molecule has 5 nitrogen and oxygen atoms in total. The third-order valence-corrected chi connectivity index (χ3v) is 13.5. The molecule has 0 saturated heterocycles. The minimum absolute atomic E-state index is 0.795. The van der Waals surface area contributed by atoms with E-state index in [0.717, 1.165) is 52.4 Å². The first-order valence-electron chi connectivity index (χ1n) is 21.5. The standard InChI is InChI=1S/C57H41N5/c1-59-35-61(55-20-8-7-19-54(55)59)43-14-10-15-44(34-43)62-52-27-24-40(47-18-9-13-36-11-3-5-16-45(36)47)31-50(52)49-26-22-41(33-56(49)62)57-58-51-32-38(23-28-53(51)60(57)2)37-21-25-48-42(29-37)30-39-12-4-6-17-46(39)48/h3-29,31-34H,30,35H2,1-2H3. The Balaban J connectivity index is 0.958. The third kappa shape index (κ3) is 5.24. The molecule has 2 aliphatic rings. The summed E-state index contributed by atoms with van der Waals surface area (Å²) in [6, 6.07) is 69.3. The Morgan fingerprint density at radius 3 is 2.10 bits per heavy atom. The molecule has 11 aromatic rings. The molecule has 0 saturated carbocycles. The SMILES string of the molecule is CN1CN(c2cccc(-n3c4ccc(-c5cccc6ccccc56)cc4c4ccc(-c5nc6cc(-c7ccc8c(c7)Cc7ccccc7-8)ccc6n5C)cc43)c2)c2ccccc21. The van der Waals surface area contributed by atoms with Gasteiger partial charge in [0.25, 0.3) is 0 Å². The number of nitrogens with zero attached hydrogens (tertiary/aromatic N) is 5. The van der Waals surface area contributed by atoms with Crippen molar-refractivity contribution >= 4 is 60.7 Å². The van der Waals surface area contributed by atoms with E-state index in [2.05, 4.69) is 221 Å². The second kappa shape index (κ2) is 13.3. The van der Waals surface area contributed by atoms with Crippen LogP contribution in [0.2, 0.25) is 0 Å². The van der Waals surface area contributed by atoms with Crippen molar-refractivity contribution in [2.75, 3.05) is 23.5 Å². The van der Waals surface area contributed by atoms with Crippen LogP contribution in [0.4, 0.5) is 17.1 Å². The molecule has 0 spiro atoms. The van der Waals surface area contributed by atoms with E-state index in [0.29, 0.717) is 0 Å². The maximum atomic E-state index is 5.36. The molecule has 0 amide bonds. The number of benzene rings is 9. The molecule has 1 aliphatic carbocycles. The first-order valence-corrected chi connectivity index (χ1v) is 21.5. The highest BCUT2D eigenvalue weighted by molar-refractivity contribution is 6.12. The van der Waals surface area contributed by atoms with Gasteiger partial charge in [0.15, 0.2) is 0 Å². The van der Waals surface area contributed by atoms with E-state index < -0.39 is 0 Å². The van der Waals surface area contributed by atoms with E-state index >= 15 is 0 Å². The Labute approximate surface area is 360 Å². The van der Waals surface area contributed by atoms with Crippen molar-refractivity contribution in [2.45, 2.75) is 6.42 Å². The largest absolute Gasteiger partial charge is 0.355 e. The lowest BCUT2D eigenvalue weighted by Gasteiger charge is -2.21. The zero-order valence-corrected chi connectivity index (χ0v) is 34.5. The Morgan fingerprint density at radius 1 is 0.435 bits per heavy atom. The van der Waals surface area contributed by atoms with Crippen LogP contribution in [0.25, 0.3) is 94.1 Å². The monoisotopic (exact) mass is 795 g/mol. The molecule has 0 atom stereocenters. The predicted octanol–water partition coefficient (Wildman–Crippen LogP) is 13.9. The number of hydrogen-bond acceptors (Lipinski definition) is 3. The second-order valence-electron chi connectivity index (χ2n) is 17.0. The highest BCUT2D eigenvalue weighted by Gasteiger charge is 2.25. The van der Waals surface area contributed by atoms with Gasteiger partial charge in [-0.25, -0.2) is 4.98 Å². The van der Waals surface area contributed by atoms with Gasteiger partial charge in [0.1, 0.15) is 5.82 Å². The van der Waals surface area contributed by atoms with E-state index in [-0.39, 0.29) is 0 Å². The first-order chi connectivity index (χ1) is 30.5. The highest BCUT2D eigenvalue weighted by atomic mass is 15.4. The van der Waals surface area contributed by atoms with Gasteiger partial charge < -0.3 is 18.9 Å². The summed E-state index contributed by atoms with van der Waals surface area (Å²) in [7, 11) is 4.31.